The summed E-state index contributed by atoms with van der Waals surface area (Å²) in [4.78, 5) is 14.5. The van der Waals surface area contributed by atoms with Gasteiger partial charge in [-0.1, -0.05) is 128 Å². The van der Waals surface area contributed by atoms with E-state index in [1.165, 1.54) is 110 Å². The summed E-state index contributed by atoms with van der Waals surface area (Å²) in [5.74, 6) is 0.317. The first kappa shape index (κ1) is 28.9. The lowest BCUT2D eigenvalue weighted by Gasteiger charge is -2.18. The highest BCUT2D eigenvalue weighted by molar-refractivity contribution is 6.10. The van der Waals surface area contributed by atoms with Crippen LogP contribution in [0.4, 0.5) is 0 Å². The lowest BCUT2D eigenvalue weighted by molar-refractivity contribution is -0.114. The number of ether oxygens (including phenoxy) is 1. The van der Waals surface area contributed by atoms with Gasteiger partial charge in [-0.15, -0.1) is 0 Å². The SMILES string of the molecule is CCCCCCCCCCCCCCCCCCN1C=CC(=C/C=C2\C=CC=C(OC)C2=O)C=C1. The summed E-state index contributed by atoms with van der Waals surface area (Å²) in [6.07, 6.45) is 40.1. The molecule has 0 saturated carbocycles. The number of rotatable bonds is 19. The number of Topliss-reactive ketones (excluding diaryl/α,β-unsaturated/α-hetero) is 1. The third-order valence-electron chi connectivity index (χ3n) is 6.87. The number of hydrogen-bond donors (Lipinski definition) is 0. The van der Waals surface area contributed by atoms with Gasteiger partial charge in [-0.05, 0) is 30.2 Å². The Hall–Kier alpha value is -2.29. The van der Waals surface area contributed by atoms with E-state index in [1.807, 2.05) is 24.3 Å². The van der Waals surface area contributed by atoms with Gasteiger partial charge in [-0.25, -0.2) is 0 Å². The minimum absolute atomic E-state index is 0.0688. The average molecular weight is 480 g/mol. The molecule has 0 aromatic carbocycles. The van der Waals surface area contributed by atoms with Crippen molar-refractivity contribution < 1.29 is 9.53 Å². The third kappa shape index (κ3) is 12.8. The molecular weight excluding hydrogens is 430 g/mol. The molecule has 2 rings (SSSR count). The molecule has 0 fully saturated rings. The van der Waals surface area contributed by atoms with Gasteiger partial charge in [0.05, 0.1) is 7.11 Å². The molecule has 3 heteroatoms. The Morgan fingerprint density at radius 3 is 1.74 bits per heavy atom. The van der Waals surface area contributed by atoms with E-state index in [0.717, 1.165) is 12.1 Å². The molecule has 0 amide bonds. The van der Waals surface area contributed by atoms with Crippen molar-refractivity contribution in [2.24, 2.45) is 0 Å². The molecule has 0 saturated heterocycles. The first-order valence-electron chi connectivity index (χ1n) is 14.3. The summed E-state index contributed by atoms with van der Waals surface area (Å²) in [6, 6.07) is 0. The first-order valence-corrected chi connectivity index (χ1v) is 14.3. The van der Waals surface area contributed by atoms with E-state index >= 15 is 0 Å². The van der Waals surface area contributed by atoms with E-state index in [0.29, 0.717) is 11.3 Å². The second kappa shape index (κ2) is 19.0. The summed E-state index contributed by atoms with van der Waals surface area (Å²) in [6.45, 7) is 3.36. The van der Waals surface area contributed by atoms with Crippen molar-refractivity contribution in [3.8, 4) is 0 Å². The molecule has 1 aliphatic carbocycles. The number of allylic oxidation sites excluding steroid dienone is 9. The summed E-state index contributed by atoms with van der Waals surface area (Å²) < 4.78 is 5.11. The maximum atomic E-state index is 12.2. The van der Waals surface area contributed by atoms with E-state index in [2.05, 4.69) is 36.4 Å². The Labute approximate surface area is 215 Å². The highest BCUT2D eigenvalue weighted by Crippen LogP contribution is 2.17. The molecule has 0 atom stereocenters. The summed E-state index contributed by atoms with van der Waals surface area (Å²) in [5, 5.41) is 0. The summed E-state index contributed by atoms with van der Waals surface area (Å²) >= 11 is 0. The number of ketones is 1. The van der Waals surface area contributed by atoms with Gasteiger partial charge in [-0.2, -0.15) is 0 Å². The van der Waals surface area contributed by atoms with E-state index in [-0.39, 0.29) is 5.78 Å². The Morgan fingerprint density at radius 1 is 0.714 bits per heavy atom. The van der Waals surface area contributed by atoms with Crippen LogP contribution in [0.2, 0.25) is 0 Å². The normalized spacial score (nSPS) is 16.3. The zero-order chi connectivity index (χ0) is 25.0. The van der Waals surface area contributed by atoms with Gasteiger partial charge in [-0.3, -0.25) is 4.79 Å². The lowest BCUT2D eigenvalue weighted by Crippen LogP contribution is -2.13. The molecule has 3 nitrogen and oxygen atoms in total. The van der Waals surface area contributed by atoms with Gasteiger partial charge in [0.2, 0.25) is 5.78 Å². The van der Waals surface area contributed by atoms with Crippen molar-refractivity contribution in [3.05, 3.63) is 71.8 Å². The van der Waals surface area contributed by atoms with Crippen LogP contribution in [0.5, 0.6) is 0 Å². The van der Waals surface area contributed by atoms with Crippen molar-refractivity contribution >= 4 is 5.78 Å². The first-order chi connectivity index (χ1) is 17.2. The minimum Gasteiger partial charge on any atom is -0.493 e. The van der Waals surface area contributed by atoms with Crippen molar-refractivity contribution in [2.45, 2.75) is 110 Å². The zero-order valence-electron chi connectivity index (χ0n) is 22.5. The van der Waals surface area contributed by atoms with Gasteiger partial charge in [0.25, 0.3) is 0 Å². The molecule has 0 aromatic rings. The molecule has 1 heterocycles. The Balaban J connectivity index is 1.43. The van der Waals surface area contributed by atoms with Crippen LogP contribution >= 0.6 is 0 Å². The van der Waals surface area contributed by atoms with Gasteiger partial charge >= 0.3 is 0 Å². The number of carbonyl (C=O) groups excluding carboxylic acids is 1. The Kier molecular flexibility index (Phi) is 15.7. The maximum absolute atomic E-state index is 12.2. The van der Waals surface area contributed by atoms with E-state index in [4.69, 9.17) is 4.74 Å². The second-order valence-electron chi connectivity index (χ2n) is 9.88. The lowest BCUT2D eigenvalue weighted by atomic mass is 10.0. The molecule has 194 valence electrons. The number of nitrogens with zero attached hydrogens (tertiary/aromatic N) is 1. The fourth-order valence-corrected chi connectivity index (χ4v) is 4.58. The number of methoxy groups -OCH3 is 1. The Bertz CT molecular complexity index is 765. The number of unbranched alkanes of at least 4 members (excludes halogenated alkanes) is 15. The fraction of sp³-hybridized carbons (Fsp3) is 0.594. The topological polar surface area (TPSA) is 29.5 Å². The monoisotopic (exact) mass is 479 g/mol. The molecule has 1 aliphatic heterocycles. The quantitative estimate of drug-likeness (QED) is 0.137. The van der Waals surface area contributed by atoms with Crippen LogP contribution in [0.1, 0.15) is 110 Å². The zero-order valence-corrected chi connectivity index (χ0v) is 22.5. The van der Waals surface area contributed by atoms with Crippen LogP contribution in [-0.2, 0) is 9.53 Å². The van der Waals surface area contributed by atoms with Crippen LogP contribution in [0.25, 0.3) is 0 Å². The van der Waals surface area contributed by atoms with Crippen molar-refractivity contribution in [1.29, 1.82) is 0 Å². The maximum Gasteiger partial charge on any atom is 0.227 e. The van der Waals surface area contributed by atoms with Gasteiger partial charge < -0.3 is 9.64 Å². The smallest absolute Gasteiger partial charge is 0.227 e. The van der Waals surface area contributed by atoms with Crippen LogP contribution in [0.15, 0.2) is 71.8 Å². The summed E-state index contributed by atoms with van der Waals surface area (Å²) in [5.41, 5.74) is 1.74. The number of hydrogen-bond acceptors (Lipinski definition) is 3. The van der Waals surface area contributed by atoms with Crippen molar-refractivity contribution in [1.82, 2.24) is 4.90 Å². The van der Waals surface area contributed by atoms with Crippen molar-refractivity contribution in [2.75, 3.05) is 13.7 Å². The number of carbonyl (C=O) groups is 1. The predicted molar refractivity (Wildman–Crippen MR) is 150 cm³/mol. The molecule has 2 aliphatic rings. The van der Waals surface area contributed by atoms with E-state index in [1.54, 1.807) is 6.08 Å². The molecule has 0 spiro atoms. The largest absolute Gasteiger partial charge is 0.493 e. The highest BCUT2D eigenvalue weighted by atomic mass is 16.5. The molecule has 35 heavy (non-hydrogen) atoms. The van der Waals surface area contributed by atoms with Crippen LogP contribution in [0, 0.1) is 0 Å². The fourth-order valence-electron chi connectivity index (χ4n) is 4.58. The van der Waals surface area contributed by atoms with Crippen LogP contribution in [0.3, 0.4) is 0 Å². The standard InChI is InChI=1S/C32H49NO2/c1-3-4-5-6-7-8-9-10-11-12-13-14-15-16-17-18-26-33-27-24-29(25-28-33)22-23-30-20-19-21-31(35-2)32(30)34/h19-25,27-28H,3-18,26H2,1-2H3/b30-23+. The Morgan fingerprint density at radius 2 is 1.23 bits per heavy atom. The van der Waals surface area contributed by atoms with E-state index in [9.17, 15) is 4.79 Å². The average Bonchev–Trinajstić information content (AvgIpc) is 2.88. The summed E-state index contributed by atoms with van der Waals surface area (Å²) in [7, 11) is 1.53. The van der Waals surface area contributed by atoms with Gasteiger partial charge in [0.15, 0.2) is 5.76 Å². The van der Waals surface area contributed by atoms with Gasteiger partial charge in [0, 0.05) is 24.5 Å². The molecular formula is C32H49NO2. The predicted octanol–water partition coefficient (Wildman–Crippen LogP) is 9.11. The van der Waals surface area contributed by atoms with Crippen molar-refractivity contribution in [3.63, 3.8) is 0 Å². The minimum atomic E-state index is -0.0688. The molecule has 0 N–H and O–H groups in total. The van der Waals surface area contributed by atoms with Gasteiger partial charge in [0.1, 0.15) is 0 Å². The molecule has 0 unspecified atom stereocenters. The molecule has 0 radical (unpaired) electrons. The highest BCUT2D eigenvalue weighted by Gasteiger charge is 2.15. The third-order valence-corrected chi connectivity index (χ3v) is 6.87. The molecule has 0 aromatic heterocycles. The van der Waals surface area contributed by atoms with E-state index < -0.39 is 0 Å². The van der Waals surface area contributed by atoms with Crippen LogP contribution < -0.4 is 0 Å². The molecule has 0 bridgehead atoms. The van der Waals surface area contributed by atoms with Crippen LogP contribution in [-0.4, -0.2) is 24.3 Å². The second-order valence-corrected chi connectivity index (χ2v) is 9.88.